The Morgan fingerprint density at radius 3 is 2.84 bits per heavy atom. The Kier molecular flexibility index (Phi) is 6.39. The number of piperidine rings is 1. The monoisotopic (exact) mass is 422 g/mol. The number of carbonyl (C=O) groups excluding carboxylic acids is 3. The Morgan fingerprint density at radius 1 is 1.16 bits per heavy atom. The zero-order chi connectivity index (χ0) is 21.8. The van der Waals surface area contributed by atoms with Gasteiger partial charge in [0.2, 0.25) is 11.8 Å². The van der Waals surface area contributed by atoms with Crippen molar-refractivity contribution in [3.63, 3.8) is 0 Å². The summed E-state index contributed by atoms with van der Waals surface area (Å²) < 4.78 is 0. The molecule has 31 heavy (non-hydrogen) atoms. The molecule has 2 aliphatic heterocycles. The molecule has 0 spiro atoms. The Hall–Kier alpha value is -3.10. The highest BCUT2D eigenvalue weighted by Gasteiger charge is 2.39. The van der Waals surface area contributed by atoms with Gasteiger partial charge in [0.15, 0.2) is 0 Å². The van der Waals surface area contributed by atoms with E-state index in [1.165, 1.54) is 0 Å². The third kappa shape index (κ3) is 4.65. The molecule has 8 heteroatoms. The summed E-state index contributed by atoms with van der Waals surface area (Å²) in [6.45, 7) is 2.12. The van der Waals surface area contributed by atoms with Crippen LogP contribution in [0.4, 0.5) is 0 Å². The molecule has 162 valence electrons. The lowest BCUT2D eigenvalue weighted by atomic mass is 10.0. The zero-order valence-corrected chi connectivity index (χ0v) is 17.3. The number of nitrogens with one attached hydrogen (secondary N) is 2. The molecule has 4 rings (SSSR count). The molecule has 2 aliphatic rings. The largest absolute Gasteiger partial charge is 0.396 e. The van der Waals surface area contributed by atoms with E-state index in [2.05, 4.69) is 15.6 Å². The molecule has 2 aromatic rings. The van der Waals surface area contributed by atoms with Crippen molar-refractivity contribution in [2.45, 2.75) is 44.8 Å². The maximum atomic E-state index is 12.8. The number of nitrogens with zero attached hydrogens (tertiary/aromatic N) is 2. The molecular formula is C23H26N4O4. The first-order valence-electron chi connectivity index (χ1n) is 10.6. The lowest BCUT2D eigenvalue weighted by Gasteiger charge is -2.29. The molecule has 1 aromatic carbocycles. The molecule has 3 N–H and O–H groups in total. The summed E-state index contributed by atoms with van der Waals surface area (Å²) in [7, 11) is 0. The van der Waals surface area contributed by atoms with Crippen LogP contribution in [-0.4, -0.2) is 51.9 Å². The van der Waals surface area contributed by atoms with E-state index < -0.39 is 11.9 Å². The molecule has 1 fully saturated rings. The van der Waals surface area contributed by atoms with Crippen LogP contribution in [0.15, 0.2) is 36.5 Å². The molecule has 1 aromatic heterocycles. The lowest BCUT2D eigenvalue weighted by Crippen LogP contribution is -2.52. The number of fused-ring (bicyclic) bond motifs is 1. The van der Waals surface area contributed by atoms with Crippen LogP contribution in [0.3, 0.4) is 0 Å². The van der Waals surface area contributed by atoms with Gasteiger partial charge < -0.3 is 15.3 Å². The van der Waals surface area contributed by atoms with Crippen molar-refractivity contribution < 1.29 is 19.5 Å². The Bertz CT molecular complexity index is 1010. The van der Waals surface area contributed by atoms with E-state index in [-0.39, 0.29) is 24.8 Å². The number of hydrogen-bond acceptors (Lipinski definition) is 6. The second-order valence-corrected chi connectivity index (χ2v) is 7.93. The van der Waals surface area contributed by atoms with E-state index in [0.717, 1.165) is 41.8 Å². The zero-order valence-electron chi connectivity index (χ0n) is 17.3. The topological polar surface area (TPSA) is 112 Å². The van der Waals surface area contributed by atoms with Crippen LogP contribution in [0.2, 0.25) is 0 Å². The van der Waals surface area contributed by atoms with E-state index in [1.54, 1.807) is 17.2 Å². The van der Waals surface area contributed by atoms with Crippen LogP contribution in [0.25, 0.3) is 11.3 Å². The summed E-state index contributed by atoms with van der Waals surface area (Å²) >= 11 is 0. The predicted molar refractivity (Wildman–Crippen MR) is 114 cm³/mol. The quantitative estimate of drug-likeness (QED) is 0.438. The van der Waals surface area contributed by atoms with E-state index in [1.807, 2.05) is 24.3 Å². The van der Waals surface area contributed by atoms with Crippen LogP contribution in [0, 0.1) is 0 Å². The van der Waals surface area contributed by atoms with Crippen LogP contribution < -0.4 is 10.6 Å². The predicted octanol–water partition coefficient (Wildman–Crippen LogP) is 1.37. The van der Waals surface area contributed by atoms with Crippen molar-refractivity contribution in [2.24, 2.45) is 0 Å². The van der Waals surface area contributed by atoms with Gasteiger partial charge >= 0.3 is 0 Å². The second-order valence-electron chi connectivity index (χ2n) is 7.93. The number of aromatic nitrogens is 1. The maximum Gasteiger partial charge on any atom is 0.255 e. The fourth-order valence-corrected chi connectivity index (χ4v) is 4.07. The Morgan fingerprint density at radius 2 is 2.03 bits per heavy atom. The summed E-state index contributed by atoms with van der Waals surface area (Å²) in [5.74, 6) is -0.870. The maximum absolute atomic E-state index is 12.8. The van der Waals surface area contributed by atoms with E-state index in [9.17, 15) is 14.4 Å². The highest BCUT2D eigenvalue weighted by atomic mass is 16.3. The summed E-state index contributed by atoms with van der Waals surface area (Å²) in [4.78, 5) is 42.5. The number of aliphatic hydroxyl groups is 1. The van der Waals surface area contributed by atoms with Crippen molar-refractivity contribution in [3.8, 4) is 11.3 Å². The molecule has 0 aliphatic carbocycles. The molecule has 3 amide bonds. The molecule has 8 nitrogen and oxygen atoms in total. The van der Waals surface area contributed by atoms with Crippen molar-refractivity contribution >= 4 is 17.7 Å². The number of amides is 3. The van der Waals surface area contributed by atoms with Gasteiger partial charge in [-0.15, -0.1) is 0 Å². The van der Waals surface area contributed by atoms with Crippen molar-refractivity contribution in [3.05, 3.63) is 53.2 Å². The minimum Gasteiger partial charge on any atom is -0.396 e. The lowest BCUT2D eigenvalue weighted by molar-refractivity contribution is -0.136. The molecule has 1 unspecified atom stereocenters. The van der Waals surface area contributed by atoms with Gasteiger partial charge in [-0.05, 0) is 61.2 Å². The highest BCUT2D eigenvalue weighted by Crippen LogP contribution is 2.30. The Labute approximate surface area is 180 Å². The molecular weight excluding hydrogens is 396 g/mol. The van der Waals surface area contributed by atoms with Gasteiger partial charge in [-0.1, -0.05) is 6.07 Å². The van der Waals surface area contributed by atoms with Gasteiger partial charge in [-0.2, -0.15) is 0 Å². The third-order valence-corrected chi connectivity index (χ3v) is 5.73. The third-order valence-electron chi connectivity index (χ3n) is 5.73. The molecule has 0 saturated carbocycles. The van der Waals surface area contributed by atoms with E-state index in [0.29, 0.717) is 25.1 Å². The fraction of sp³-hybridized carbons (Fsp3) is 0.391. The van der Waals surface area contributed by atoms with Crippen molar-refractivity contribution in [2.75, 3.05) is 13.2 Å². The van der Waals surface area contributed by atoms with Gasteiger partial charge in [0.1, 0.15) is 6.04 Å². The van der Waals surface area contributed by atoms with Gasteiger partial charge in [0.25, 0.3) is 5.91 Å². The van der Waals surface area contributed by atoms with Crippen LogP contribution >= 0.6 is 0 Å². The minimum atomic E-state index is -0.612. The van der Waals surface area contributed by atoms with Crippen LogP contribution in [0.5, 0.6) is 0 Å². The fourth-order valence-electron chi connectivity index (χ4n) is 4.07. The standard InChI is InChI=1S/C23H26N4O4/c28-10-2-1-8-24-13-15-7-9-25-19(11-15)16-3-4-18-17(12-16)14-27(23(18)31)20-5-6-21(29)26-22(20)30/h3-4,7,9,11-12,20,24,28H,1-2,5-6,8,10,13-14H2,(H,26,29,30). The normalized spacial score (nSPS) is 18.3. The first-order valence-corrected chi connectivity index (χ1v) is 10.6. The SMILES string of the molecule is O=C1CCC(N2Cc3cc(-c4cc(CNCCCCO)ccn4)ccc3C2=O)C(=O)N1. The van der Waals surface area contributed by atoms with E-state index >= 15 is 0 Å². The molecule has 1 saturated heterocycles. The number of carbonyl (C=O) groups is 3. The van der Waals surface area contributed by atoms with Crippen LogP contribution in [-0.2, 0) is 22.7 Å². The van der Waals surface area contributed by atoms with Gasteiger partial charge in [-0.25, -0.2) is 0 Å². The number of imide groups is 1. The van der Waals surface area contributed by atoms with Crippen molar-refractivity contribution in [1.82, 2.24) is 20.5 Å². The molecule has 0 bridgehead atoms. The highest BCUT2D eigenvalue weighted by molar-refractivity contribution is 6.05. The first kappa shape index (κ1) is 21.1. The molecule has 1 atom stereocenters. The molecule has 3 heterocycles. The number of pyridine rings is 1. The summed E-state index contributed by atoms with van der Waals surface area (Å²) in [6, 6.07) is 9.00. The number of rotatable bonds is 8. The van der Waals surface area contributed by atoms with Crippen molar-refractivity contribution in [1.29, 1.82) is 0 Å². The smallest absolute Gasteiger partial charge is 0.255 e. The van der Waals surface area contributed by atoms with Gasteiger partial charge in [0.05, 0.1) is 5.69 Å². The first-order chi connectivity index (χ1) is 15.1. The van der Waals surface area contributed by atoms with Gasteiger partial charge in [0, 0.05) is 43.4 Å². The number of benzene rings is 1. The summed E-state index contributed by atoms with van der Waals surface area (Å²) in [5.41, 5.74) is 4.30. The second kappa shape index (κ2) is 9.36. The number of hydrogen-bond donors (Lipinski definition) is 3. The van der Waals surface area contributed by atoms with Crippen LogP contribution in [0.1, 0.15) is 47.2 Å². The summed E-state index contributed by atoms with van der Waals surface area (Å²) in [6.07, 6.45) is 4.09. The van der Waals surface area contributed by atoms with Gasteiger partial charge in [-0.3, -0.25) is 24.7 Å². The Balaban J connectivity index is 1.47. The average molecular weight is 422 g/mol. The summed E-state index contributed by atoms with van der Waals surface area (Å²) in [5, 5.41) is 14.5. The number of aliphatic hydroxyl groups excluding tert-OH is 1. The number of unbranched alkanes of at least 4 members (excludes halogenated alkanes) is 1. The van der Waals surface area contributed by atoms with E-state index in [4.69, 9.17) is 5.11 Å². The molecule has 0 radical (unpaired) electrons. The average Bonchev–Trinajstić information content (AvgIpc) is 3.09. The minimum absolute atomic E-state index is 0.176.